The molecule has 0 N–H and O–H groups in total. The van der Waals surface area contributed by atoms with Gasteiger partial charge in [-0.25, -0.2) is 0 Å². The normalized spacial score (nSPS) is 12.3. The van der Waals surface area contributed by atoms with Crippen molar-refractivity contribution in [2.45, 2.75) is 412 Å². The summed E-state index contributed by atoms with van der Waals surface area (Å²) < 4.78 is 17.0. The second kappa shape index (κ2) is 71.8. The highest BCUT2D eigenvalue weighted by atomic mass is 16.6. The molecule has 0 spiro atoms. The molecule has 0 radical (unpaired) electrons. The molecule has 0 bridgehead atoms. The van der Waals surface area contributed by atoms with Crippen LogP contribution in [0.15, 0.2) is 48.6 Å². The van der Waals surface area contributed by atoms with Gasteiger partial charge in [0.05, 0.1) is 0 Å². The monoisotopic (exact) mass is 1160 g/mol. The van der Waals surface area contributed by atoms with Gasteiger partial charge in [0.15, 0.2) is 6.10 Å². The summed E-state index contributed by atoms with van der Waals surface area (Å²) in [5, 5.41) is 0. The molecule has 0 aromatic carbocycles. The van der Waals surface area contributed by atoms with Crippen LogP contribution in [0, 0.1) is 0 Å². The van der Waals surface area contributed by atoms with E-state index >= 15 is 0 Å². The highest BCUT2D eigenvalue weighted by Crippen LogP contribution is 2.18. The summed E-state index contributed by atoms with van der Waals surface area (Å²) in [6.45, 7) is 6.65. The Morgan fingerprint density at radius 1 is 0.241 bits per heavy atom. The van der Waals surface area contributed by atoms with Gasteiger partial charge in [-0.2, -0.15) is 0 Å². The quantitative estimate of drug-likeness (QED) is 0.0261. The summed E-state index contributed by atoms with van der Waals surface area (Å²) in [4.78, 5) is 38.4. The lowest BCUT2D eigenvalue weighted by atomic mass is 10.0. The van der Waals surface area contributed by atoms with Crippen LogP contribution in [0.5, 0.6) is 0 Å². The first-order valence-electron chi connectivity index (χ1n) is 37.1. The third-order valence-corrected chi connectivity index (χ3v) is 16.8. The number of hydrogen-bond donors (Lipinski definition) is 0. The van der Waals surface area contributed by atoms with Crippen molar-refractivity contribution in [1.29, 1.82) is 0 Å². The second-order valence-electron chi connectivity index (χ2n) is 25.2. The predicted octanol–water partition coefficient (Wildman–Crippen LogP) is 25.7. The molecule has 0 aliphatic heterocycles. The van der Waals surface area contributed by atoms with Gasteiger partial charge in [-0.05, 0) is 96.3 Å². The first kappa shape index (κ1) is 80.4. The van der Waals surface area contributed by atoms with E-state index in [1.54, 1.807) is 0 Å². The van der Waals surface area contributed by atoms with Crippen LogP contribution >= 0.6 is 0 Å². The van der Waals surface area contributed by atoms with Crippen LogP contribution in [0.1, 0.15) is 406 Å². The fourth-order valence-electron chi connectivity index (χ4n) is 11.2. The smallest absolute Gasteiger partial charge is 0.306 e. The minimum absolute atomic E-state index is 0.0717. The van der Waals surface area contributed by atoms with Crippen molar-refractivity contribution in [3.8, 4) is 0 Å². The number of hydrogen-bond acceptors (Lipinski definition) is 6. The third kappa shape index (κ3) is 70.0. The SMILES string of the molecule is CCCC/C=C\CCCCCCCC(=O)OCC(COC(=O)CCCCCCCCCCCCCCCCCCC/C=C\CCCCCCCCCC)OC(=O)CCCCCCCCCCCCCCC/C=C\C/C=C\CCCCCCC. The average molecular weight is 1160 g/mol. The van der Waals surface area contributed by atoms with Crippen molar-refractivity contribution in [2.24, 2.45) is 0 Å². The van der Waals surface area contributed by atoms with Gasteiger partial charge in [0.1, 0.15) is 13.2 Å². The number of rotatable bonds is 69. The fraction of sp³-hybridized carbons (Fsp3) is 0.857. The molecular formula is C77H142O6. The first-order valence-corrected chi connectivity index (χ1v) is 37.1. The maximum absolute atomic E-state index is 13.0. The van der Waals surface area contributed by atoms with E-state index < -0.39 is 6.10 Å². The summed E-state index contributed by atoms with van der Waals surface area (Å²) in [6.07, 6.45) is 91.7. The number of esters is 3. The van der Waals surface area contributed by atoms with Crippen molar-refractivity contribution in [3.05, 3.63) is 48.6 Å². The molecule has 0 amide bonds. The van der Waals surface area contributed by atoms with E-state index in [-0.39, 0.29) is 31.1 Å². The van der Waals surface area contributed by atoms with Gasteiger partial charge in [-0.15, -0.1) is 0 Å². The highest BCUT2D eigenvalue weighted by molar-refractivity contribution is 5.71. The number of allylic oxidation sites excluding steroid dienone is 8. The molecule has 486 valence electrons. The summed E-state index contributed by atoms with van der Waals surface area (Å²) in [6, 6.07) is 0. The minimum atomic E-state index is -0.776. The molecule has 0 saturated carbocycles. The summed E-state index contributed by atoms with van der Waals surface area (Å²) in [5.74, 6) is -0.857. The minimum Gasteiger partial charge on any atom is -0.462 e. The van der Waals surface area contributed by atoms with Crippen LogP contribution in [-0.2, 0) is 28.6 Å². The molecule has 0 aromatic heterocycles. The van der Waals surface area contributed by atoms with E-state index in [0.29, 0.717) is 19.3 Å². The van der Waals surface area contributed by atoms with Gasteiger partial charge in [0, 0.05) is 19.3 Å². The number of carbonyl (C=O) groups is 3. The van der Waals surface area contributed by atoms with Crippen LogP contribution < -0.4 is 0 Å². The second-order valence-corrected chi connectivity index (χ2v) is 25.2. The predicted molar refractivity (Wildman–Crippen MR) is 362 cm³/mol. The van der Waals surface area contributed by atoms with Crippen LogP contribution in [0.2, 0.25) is 0 Å². The molecule has 1 atom stereocenters. The maximum atomic E-state index is 13.0. The topological polar surface area (TPSA) is 78.9 Å². The Labute approximate surface area is 518 Å². The fourth-order valence-corrected chi connectivity index (χ4v) is 11.2. The standard InChI is InChI=1S/C77H142O6/c1-4-7-10-13-16-19-22-24-26-28-30-32-34-36-37-38-39-41-42-44-46-48-50-52-55-58-61-64-67-70-76(79)82-73-74(72-81-75(78)69-66-63-60-57-54-21-18-15-12-9-6-3)83-77(80)71-68-65-62-59-56-53-51-49-47-45-43-40-35-33-31-29-27-25-23-20-17-14-11-8-5-2/h15,18,23,25,28-31,74H,4-14,16-17,19-22,24,26-27,32-73H2,1-3H3/b18-15-,25-23-,30-28-,31-29-. The Morgan fingerprint density at radius 2 is 0.446 bits per heavy atom. The van der Waals surface area contributed by atoms with Crippen LogP contribution in [-0.4, -0.2) is 37.2 Å². The Morgan fingerprint density at radius 3 is 0.711 bits per heavy atom. The van der Waals surface area contributed by atoms with E-state index in [0.717, 1.165) is 70.6 Å². The summed E-state index contributed by atoms with van der Waals surface area (Å²) in [5.41, 5.74) is 0. The van der Waals surface area contributed by atoms with Gasteiger partial charge in [-0.1, -0.05) is 339 Å². The highest BCUT2D eigenvalue weighted by Gasteiger charge is 2.19. The lowest BCUT2D eigenvalue weighted by molar-refractivity contribution is -0.167. The number of carbonyl (C=O) groups excluding carboxylic acids is 3. The molecule has 6 nitrogen and oxygen atoms in total. The average Bonchev–Trinajstić information content (AvgIpc) is 3.48. The van der Waals surface area contributed by atoms with Gasteiger partial charge in [0.25, 0.3) is 0 Å². The van der Waals surface area contributed by atoms with Crippen LogP contribution in [0.3, 0.4) is 0 Å². The van der Waals surface area contributed by atoms with E-state index in [2.05, 4.69) is 69.4 Å². The van der Waals surface area contributed by atoms with Gasteiger partial charge in [-0.3, -0.25) is 14.4 Å². The Balaban J connectivity index is 4.15. The largest absolute Gasteiger partial charge is 0.462 e. The molecule has 0 aliphatic carbocycles. The zero-order valence-corrected chi connectivity index (χ0v) is 56.0. The van der Waals surface area contributed by atoms with Gasteiger partial charge in [0.2, 0.25) is 0 Å². The van der Waals surface area contributed by atoms with Crippen molar-refractivity contribution >= 4 is 17.9 Å². The lowest BCUT2D eigenvalue weighted by Gasteiger charge is -2.18. The lowest BCUT2D eigenvalue weighted by Crippen LogP contribution is -2.30. The maximum Gasteiger partial charge on any atom is 0.306 e. The summed E-state index contributed by atoms with van der Waals surface area (Å²) >= 11 is 0. The van der Waals surface area contributed by atoms with Gasteiger partial charge >= 0.3 is 17.9 Å². The Bertz CT molecular complexity index is 1430. The van der Waals surface area contributed by atoms with E-state index in [1.807, 2.05) is 0 Å². The van der Waals surface area contributed by atoms with E-state index in [9.17, 15) is 14.4 Å². The van der Waals surface area contributed by atoms with Crippen molar-refractivity contribution < 1.29 is 28.6 Å². The zero-order valence-electron chi connectivity index (χ0n) is 56.0. The Kier molecular flexibility index (Phi) is 69.6. The Hall–Kier alpha value is -2.63. The van der Waals surface area contributed by atoms with Gasteiger partial charge < -0.3 is 14.2 Å². The molecule has 6 heteroatoms. The molecule has 0 aliphatic rings. The van der Waals surface area contributed by atoms with E-state index in [1.165, 1.54) is 295 Å². The molecule has 0 rings (SSSR count). The molecule has 0 fully saturated rings. The number of unbranched alkanes of at least 4 members (excludes halogenated alkanes) is 50. The number of ether oxygens (including phenoxy) is 3. The molecule has 0 heterocycles. The molecule has 83 heavy (non-hydrogen) atoms. The zero-order chi connectivity index (χ0) is 59.9. The molecule has 0 saturated heterocycles. The van der Waals surface area contributed by atoms with Crippen molar-refractivity contribution in [3.63, 3.8) is 0 Å². The van der Waals surface area contributed by atoms with Crippen LogP contribution in [0.4, 0.5) is 0 Å². The van der Waals surface area contributed by atoms with E-state index in [4.69, 9.17) is 14.2 Å². The first-order chi connectivity index (χ1) is 41.0. The molecule has 0 aromatic rings. The third-order valence-electron chi connectivity index (χ3n) is 16.8. The van der Waals surface area contributed by atoms with Crippen molar-refractivity contribution in [2.75, 3.05) is 13.2 Å². The van der Waals surface area contributed by atoms with Crippen molar-refractivity contribution in [1.82, 2.24) is 0 Å². The summed E-state index contributed by atoms with van der Waals surface area (Å²) in [7, 11) is 0. The molecular weight excluding hydrogens is 1020 g/mol. The van der Waals surface area contributed by atoms with Crippen LogP contribution in [0.25, 0.3) is 0 Å². The molecule has 1 unspecified atom stereocenters.